The number of benzene rings is 2. The van der Waals surface area contributed by atoms with E-state index < -0.39 is 9.84 Å². The van der Waals surface area contributed by atoms with Crippen molar-refractivity contribution in [3.63, 3.8) is 0 Å². The summed E-state index contributed by atoms with van der Waals surface area (Å²) in [5, 5.41) is 9.31. The van der Waals surface area contributed by atoms with Gasteiger partial charge in [0.15, 0.2) is 0 Å². The van der Waals surface area contributed by atoms with Crippen molar-refractivity contribution in [3.8, 4) is 16.9 Å². The first-order valence-electron chi connectivity index (χ1n) is 6.83. The van der Waals surface area contributed by atoms with E-state index in [2.05, 4.69) is 4.98 Å². The third-order valence-electron chi connectivity index (χ3n) is 3.43. The van der Waals surface area contributed by atoms with Crippen molar-refractivity contribution < 1.29 is 13.5 Å². The smallest absolute Gasteiger partial charge is 0.208 e. The molecule has 5 nitrogen and oxygen atoms in total. The van der Waals surface area contributed by atoms with Crippen molar-refractivity contribution in [2.24, 2.45) is 0 Å². The highest BCUT2D eigenvalue weighted by molar-refractivity contribution is 7.91. The molecule has 0 fully saturated rings. The molecule has 0 aliphatic carbocycles. The van der Waals surface area contributed by atoms with Crippen LogP contribution in [0.15, 0.2) is 76.7 Å². The van der Waals surface area contributed by atoms with Crippen LogP contribution in [0.4, 0.5) is 5.82 Å². The third kappa shape index (κ3) is 3.02. The second-order valence-corrected chi connectivity index (χ2v) is 6.94. The van der Waals surface area contributed by atoms with Crippen LogP contribution in [-0.2, 0) is 9.84 Å². The zero-order valence-corrected chi connectivity index (χ0v) is 12.9. The van der Waals surface area contributed by atoms with Gasteiger partial charge in [-0.2, -0.15) is 0 Å². The van der Waals surface area contributed by atoms with Gasteiger partial charge in [-0.3, -0.25) is 0 Å². The Balaban J connectivity index is 1.95. The van der Waals surface area contributed by atoms with Crippen LogP contribution in [0.25, 0.3) is 11.1 Å². The molecule has 6 heteroatoms. The second kappa shape index (κ2) is 5.73. The predicted molar refractivity (Wildman–Crippen MR) is 87.6 cm³/mol. The van der Waals surface area contributed by atoms with Crippen LogP contribution in [0.2, 0.25) is 0 Å². The largest absolute Gasteiger partial charge is 0.508 e. The number of hydrogen-bond donors (Lipinski definition) is 2. The molecule has 0 saturated carbocycles. The molecule has 0 spiro atoms. The molecule has 0 saturated heterocycles. The van der Waals surface area contributed by atoms with Crippen molar-refractivity contribution in [2.45, 2.75) is 9.79 Å². The number of phenolic OH excluding ortho intramolecular Hbond substituents is 1. The zero-order valence-electron chi connectivity index (χ0n) is 12.0. The fraction of sp³-hybridized carbons (Fsp3) is 0. The molecule has 23 heavy (non-hydrogen) atoms. The van der Waals surface area contributed by atoms with Gasteiger partial charge in [0.25, 0.3) is 0 Å². The highest BCUT2D eigenvalue weighted by Crippen LogP contribution is 2.26. The Hall–Kier alpha value is -2.86. The summed E-state index contributed by atoms with van der Waals surface area (Å²) < 4.78 is 25.0. The summed E-state index contributed by atoms with van der Waals surface area (Å²) in [4.78, 5) is 4.11. The van der Waals surface area contributed by atoms with Gasteiger partial charge in [-0.25, -0.2) is 13.4 Å². The molecule has 3 N–H and O–H groups in total. The van der Waals surface area contributed by atoms with Gasteiger partial charge < -0.3 is 10.8 Å². The monoisotopic (exact) mass is 326 g/mol. The van der Waals surface area contributed by atoms with E-state index in [-0.39, 0.29) is 21.4 Å². The minimum atomic E-state index is -3.62. The number of rotatable bonds is 3. The molecule has 0 unspecified atom stereocenters. The highest BCUT2D eigenvalue weighted by Gasteiger charge is 2.17. The lowest BCUT2D eigenvalue weighted by molar-refractivity contribution is 0.475. The van der Waals surface area contributed by atoms with Gasteiger partial charge in [0, 0.05) is 6.20 Å². The van der Waals surface area contributed by atoms with E-state index in [4.69, 9.17) is 5.73 Å². The van der Waals surface area contributed by atoms with Crippen LogP contribution < -0.4 is 5.73 Å². The van der Waals surface area contributed by atoms with E-state index in [1.165, 1.54) is 18.3 Å². The lowest BCUT2D eigenvalue weighted by atomic mass is 10.1. The Morgan fingerprint density at radius 1 is 0.783 bits per heavy atom. The topological polar surface area (TPSA) is 93.3 Å². The average molecular weight is 326 g/mol. The minimum absolute atomic E-state index is 0.101. The number of nitrogens with zero attached hydrogens (tertiary/aromatic N) is 1. The summed E-state index contributed by atoms with van der Waals surface area (Å²) in [6, 6.07) is 16.1. The average Bonchev–Trinajstić information content (AvgIpc) is 2.56. The molecule has 3 aromatic rings. The number of sulfone groups is 1. The summed E-state index contributed by atoms with van der Waals surface area (Å²) >= 11 is 0. The molecule has 1 heterocycles. The Bertz CT molecular complexity index is 917. The standard InChI is InChI=1S/C17H14N2O3S/c18-17-10-9-16(11-19-17)23(21,22)15-7-3-13(4-8-15)12-1-5-14(20)6-2-12/h1-11,20H,(H2,18,19). The van der Waals surface area contributed by atoms with Gasteiger partial charge in [-0.05, 0) is 47.5 Å². The zero-order chi connectivity index (χ0) is 16.4. The van der Waals surface area contributed by atoms with Gasteiger partial charge in [-0.1, -0.05) is 24.3 Å². The van der Waals surface area contributed by atoms with Crippen molar-refractivity contribution >= 4 is 15.7 Å². The van der Waals surface area contributed by atoms with Crippen LogP contribution in [0.1, 0.15) is 0 Å². The number of anilines is 1. The van der Waals surface area contributed by atoms with E-state index >= 15 is 0 Å². The summed E-state index contributed by atoms with van der Waals surface area (Å²) in [5.74, 6) is 0.454. The van der Waals surface area contributed by atoms with Gasteiger partial charge in [-0.15, -0.1) is 0 Å². The van der Waals surface area contributed by atoms with Crippen molar-refractivity contribution in [3.05, 3.63) is 66.9 Å². The van der Waals surface area contributed by atoms with Crippen LogP contribution in [0, 0.1) is 0 Å². The molecule has 0 amide bonds. The first-order chi connectivity index (χ1) is 11.0. The number of aromatic nitrogens is 1. The number of nitrogen functional groups attached to an aromatic ring is 1. The van der Waals surface area contributed by atoms with E-state index in [1.807, 2.05) is 0 Å². The Labute approximate surface area is 134 Å². The molecular weight excluding hydrogens is 312 g/mol. The van der Waals surface area contributed by atoms with E-state index in [1.54, 1.807) is 48.5 Å². The fourth-order valence-corrected chi connectivity index (χ4v) is 3.37. The summed E-state index contributed by atoms with van der Waals surface area (Å²) in [6.45, 7) is 0. The molecule has 116 valence electrons. The Morgan fingerprint density at radius 2 is 1.30 bits per heavy atom. The number of nitrogens with two attached hydrogens (primary N) is 1. The minimum Gasteiger partial charge on any atom is -0.508 e. The lowest BCUT2D eigenvalue weighted by Gasteiger charge is -2.06. The van der Waals surface area contributed by atoms with Crippen LogP contribution in [-0.4, -0.2) is 18.5 Å². The van der Waals surface area contributed by atoms with Crippen molar-refractivity contribution in [1.29, 1.82) is 0 Å². The van der Waals surface area contributed by atoms with Crippen LogP contribution in [0.3, 0.4) is 0 Å². The number of pyridine rings is 1. The van der Waals surface area contributed by atoms with Crippen LogP contribution in [0.5, 0.6) is 5.75 Å². The van der Waals surface area contributed by atoms with Crippen LogP contribution >= 0.6 is 0 Å². The SMILES string of the molecule is Nc1ccc(S(=O)(=O)c2ccc(-c3ccc(O)cc3)cc2)cn1. The summed E-state index contributed by atoms with van der Waals surface area (Å²) in [7, 11) is -3.62. The lowest BCUT2D eigenvalue weighted by Crippen LogP contribution is -2.03. The normalized spacial score (nSPS) is 11.3. The third-order valence-corrected chi connectivity index (χ3v) is 5.19. The van der Waals surface area contributed by atoms with Gasteiger partial charge in [0.2, 0.25) is 9.84 Å². The first-order valence-corrected chi connectivity index (χ1v) is 8.31. The highest BCUT2D eigenvalue weighted by atomic mass is 32.2. The summed E-state index contributed by atoms with van der Waals surface area (Å²) in [6.07, 6.45) is 1.25. The maximum absolute atomic E-state index is 12.5. The van der Waals surface area contributed by atoms with E-state index in [0.717, 1.165) is 11.1 Å². The molecule has 0 aliphatic rings. The maximum Gasteiger partial charge on any atom is 0.208 e. The van der Waals surface area contributed by atoms with Gasteiger partial charge >= 0.3 is 0 Å². The molecule has 0 bridgehead atoms. The Kier molecular flexibility index (Phi) is 3.75. The first kappa shape index (κ1) is 15.1. The second-order valence-electron chi connectivity index (χ2n) is 4.99. The van der Waals surface area contributed by atoms with E-state index in [9.17, 15) is 13.5 Å². The van der Waals surface area contributed by atoms with Gasteiger partial charge in [0.05, 0.1) is 9.79 Å². The number of aromatic hydroxyl groups is 1. The van der Waals surface area contributed by atoms with Crippen molar-refractivity contribution in [2.75, 3.05) is 5.73 Å². The molecular formula is C17H14N2O3S. The van der Waals surface area contributed by atoms with Crippen molar-refractivity contribution in [1.82, 2.24) is 4.98 Å². The molecule has 1 aromatic heterocycles. The quantitative estimate of drug-likeness (QED) is 0.772. The Morgan fingerprint density at radius 3 is 1.83 bits per heavy atom. The maximum atomic E-state index is 12.5. The predicted octanol–water partition coefficient (Wildman–Crippen LogP) is 2.87. The fourth-order valence-electron chi connectivity index (χ4n) is 2.17. The molecule has 2 aromatic carbocycles. The van der Waals surface area contributed by atoms with E-state index in [0.29, 0.717) is 0 Å². The number of phenols is 1. The molecule has 3 rings (SSSR count). The number of hydrogen-bond acceptors (Lipinski definition) is 5. The molecule has 0 aliphatic heterocycles. The summed E-state index contributed by atoms with van der Waals surface area (Å²) in [5.41, 5.74) is 7.23. The molecule has 0 atom stereocenters. The van der Waals surface area contributed by atoms with Gasteiger partial charge in [0.1, 0.15) is 11.6 Å². The molecule has 0 radical (unpaired) electrons.